The third-order valence-electron chi connectivity index (χ3n) is 7.32. The Kier molecular flexibility index (Phi) is 15.4. The number of aromatic nitrogens is 2. The van der Waals surface area contributed by atoms with Crippen LogP contribution in [0.4, 0.5) is 65.9 Å². The third kappa shape index (κ3) is 12.1. The van der Waals surface area contributed by atoms with E-state index in [-0.39, 0.29) is 12.8 Å². The predicted octanol–water partition coefficient (Wildman–Crippen LogP) is 11.0. The number of benzene rings is 1. The van der Waals surface area contributed by atoms with Crippen LogP contribution in [0, 0.1) is 0 Å². The van der Waals surface area contributed by atoms with Gasteiger partial charge in [0.1, 0.15) is 6.61 Å². The molecule has 0 amide bonds. The molecular weight excluding hydrogens is 733 g/mol. The quantitative estimate of drug-likeness (QED) is 0.0832. The molecule has 0 aliphatic carbocycles. The summed E-state index contributed by atoms with van der Waals surface area (Å²) in [5.74, 6) is -15.3. The predicted molar refractivity (Wildman–Crippen MR) is 151 cm³/mol. The van der Waals surface area contributed by atoms with Crippen molar-refractivity contribution in [3.8, 4) is 11.4 Å². The summed E-state index contributed by atoms with van der Waals surface area (Å²) in [7, 11) is 0. The minimum Gasteiger partial charge on any atom is -0.372 e. The second kappa shape index (κ2) is 17.8. The van der Waals surface area contributed by atoms with E-state index in [9.17, 15) is 65.9 Å². The van der Waals surface area contributed by atoms with Gasteiger partial charge in [0.15, 0.2) is 5.82 Å². The lowest BCUT2D eigenvalue weighted by Gasteiger charge is -2.36. The molecule has 20 heteroatoms. The Morgan fingerprint density at radius 2 is 1.10 bits per heavy atom. The van der Waals surface area contributed by atoms with Gasteiger partial charge < -0.3 is 4.74 Å². The van der Waals surface area contributed by atoms with Gasteiger partial charge in [0, 0.05) is 24.6 Å². The highest BCUT2D eigenvalue weighted by atomic mass is 19.4. The number of rotatable bonds is 23. The van der Waals surface area contributed by atoms with Crippen molar-refractivity contribution in [3.63, 3.8) is 0 Å². The van der Waals surface area contributed by atoms with Crippen molar-refractivity contribution in [3.05, 3.63) is 47.8 Å². The zero-order chi connectivity index (χ0) is 38.8. The Hall–Kier alpha value is -2.87. The third-order valence-corrected chi connectivity index (χ3v) is 7.32. The molecule has 1 heterocycles. The first-order chi connectivity index (χ1) is 23.4. The fraction of sp³-hybridized carbons (Fsp3) is 0.677. The van der Waals surface area contributed by atoms with E-state index in [4.69, 9.17) is 0 Å². The van der Waals surface area contributed by atoms with E-state index < -0.39 is 55.7 Å². The number of hydrogen-bond donors (Lipinski definition) is 0. The first-order valence-corrected chi connectivity index (χ1v) is 15.6. The highest BCUT2D eigenvalue weighted by molar-refractivity contribution is 5.57. The number of alkyl halides is 15. The fourth-order valence-electron chi connectivity index (χ4n) is 4.62. The van der Waals surface area contributed by atoms with Crippen LogP contribution in [0.1, 0.15) is 75.8 Å². The van der Waals surface area contributed by atoms with Crippen LogP contribution in [-0.4, -0.2) is 65.6 Å². The van der Waals surface area contributed by atoms with Crippen molar-refractivity contribution < 1.29 is 80.1 Å². The van der Waals surface area contributed by atoms with Crippen molar-refractivity contribution in [2.45, 2.75) is 120 Å². The van der Waals surface area contributed by atoms with Gasteiger partial charge in [-0.1, -0.05) is 64.0 Å². The van der Waals surface area contributed by atoms with Gasteiger partial charge in [-0.2, -0.15) is 65.9 Å². The van der Waals surface area contributed by atoms with Crippen LogP contribution >= 0.6 is 0 Å². The molecule has 0 spiro atoms. The van der Waals surface area contributed by atoms with Crippen molar-refractivity contribution >= 4 is 0 Å². The fourth-order valence-corrected chi connectivity index (χ4v) is 4.62. The molecule has 2 aromatic rings. The summed E-state index contributed by atoms with van der Waals surface area (Å²) >= 11 is 0. The van der Waals surface area contributed by atoms with Crippen molar-refractivity contribution in [1.29, 1.82) is 0 Å². The first kappa shape index (κ1) is 44.3. The minimum absolute atomic E-state index is 0.0495. The van der Waals surface area contributed by atoms with E-state index in [0.29, 0.717) is 17.8 Å². The van der Waals surface area contributed by atoms with Crippen LogP contribution < -0.4 is 0 Å². The number of hydrogen-bond acceptors (Lipinski definition) is 5. The number of ether oxygens (including phenoxy) is 3. The molecule has 292 valence electrons. The second-order valence-electron chi connectivity index (χ2n) is 11.5. The summed E-state index contributed by atoms with van der Waals surface area (Å²) in [5, 5.41) is 0. The lowest BCUT2D eigenvalue weighted by Crippen LogP contribution is -2.64. The molecule has 1 aromatic heterocycles. The Bertz CT molecular complexity index is 1340. The Balaban J connectivity index is 2.00. The molecule has 0 unspecified atom stereocenters. The summed E-state index contributed by atoms with van der Waals surface area (Å²) < 4.78 is 206. The van der Waals surface area contributed by atoms with Gasteiger partial charge in [-0.05, 0) is 48.9 Å². The summed E-state index contributed by atoms with van der Waals surface area (Å²) in [6.07, 6.45) is -22.7. The van der Waals surface area contributed by atoms with Gasteiger partial charge in [0.25, 0.3) is 0 Å². The maximum absolute atomic E-state index is 13.9. The molecule has 51 heavy (non-hydrogen) atoms. The molecule has 0 bridgehead atoms. The van der Waals surface area contributed by atoms with E-state index in [2.05, 4.69) is 26.4 Å². The SMILES string of the molecule is CCCCCCCCCCc1cc(-c2ncccn2)ccc1CCCOCC(F)(F)OC(F)(F)C(F)(F)OC(F)(F)C(F)(F)C(F)(F)C(F)(F)F. The Morgan fingerprint density at radius 3 is 1.67 bits per heavy atom. The van der Waals surface area contributed by atoms with Crippen LogP contribution in [0.25, 0.3) is 11.4 Å². The Morgan fingerprint density at radius 1 is 0.569 bits per heavy atom. The smallest absolute Gasteiger partial charge is 0.372 e. The molecule has 2 rings (SSSR count). The van der Waals surface area contributed by atoms with E-state index in [1.165, 1.54) is 0 Å². The van der Waals surface area contributed by atoms with E-state index in [0.717, 1.165) is 62.5 Å². The van der Waals surface area contributed by atoms with Gasteiger partial charge in [0.05, 0.1) is 0 Å². The topological polar surface area (TPSA) is 53.5 Å². The molecule has 0 saturated carbocycles. The summed E-state index contributed by atoms with van der Waals surface area (Å²) in [6.45, 7) is -0.745. The maximum Gasteiger partial charge on any atom is 0.460 e. The molecule has 5 nitrogen and oxygen atoms in total. The zero-order valence-electron chi connectivity index (χ0n) is 26.9. The molecule has 1 aromatic carbocycles. The van der Waals surface area contributed by atoms with Crippen LogP contribution in [0.5, 0.6) is 0 Å². The Labute approximate surface area is 282 Å². The average molecular weight is 769 g/mol. The molecule has 0 fully saturated rings. The molecular formula is C31H35F15N2O3. The summed E-state index contributed by atoms with van der Waals surface area (Å²) in [6, 6.07) is 6.91. The van der Waals surface area contributed by atoms with Gasteiger partial charge in [-0.25, -0.2) is 19.4 Å². The molecule has 0 atom stereocenters. The molecule has 0 saturated heterocycles. The monoisotopic (exact) mass is 768 g/mol. The highest BCUT2D eigenvalue weighted by Crippen LogP contribution is 2.56. The molecule has 0 aliphatic rings. The van der Waals surface area contributed by atoms with E-state index in [1.807, 2.05) is 6.07 Å². The normalized spacial score (nSPS) is 14.0. The highest BCUT2D eigenvalue weighted by Gasteiger charge is 2.85. The van der Waals surface area contributed by atoms with E-state index >= 15 is 0 Å². The van der Waals surface area contributed by atoms with Crippen molar-refractivity contribution in [1.82, 2.24) is 9.97 Å². The van der Waals surface area contributed by atoms with E-state index in [1.54, 1.807) is 35.3 Å². The largest absolute Gasteiger partial charge is 0.460 e. The van der Waals surface area contributed by atoms with Gasteiger partial charge >= 0.3 is 42.5 Å². The van der Waals surface area contributed by atoms with Crippen molar-refractivity contribution in [2.24, 2.45) is 0 Å². The standard InChI is InChI=1S/C31H35F15N2O3/c1-2-3-4-5-6-7-8-9-12-22-19-23(24-47-16-11-17-48-24)15-14-21(22)13-10-18-49-20-25(32,33)50-30(43,44)31(45,46)51-29(41,42)27(36,37)26(34,35)28(38,39)40/h11,14-17,19H,2-10,12-13,18,20H2,1H3. The van der Waals surface area contributed by atoms with Crippen LogP contribution in [0.3, 0.4) is 0 Å². The van der Waals surface area contributed by atoms with Gasteiger partial charge in [0.2, 0.25) is 0 Å². The van der Waals surface area contributed by atoms with Crippen LogP contribution in [-0.2, 0) is 27.1 Å². The van der Waals surface area contributed by atoms with Crippen molar-refractivity contribution in [2.75, 3.05) is 13.2 Å². The second-order valence-corrected chi connectivity index (χ2v) is 11.5. The first-order valence-electron chi connectivity index (χ1n) is 15.6. The molecule has 0 N–H and O–H groups in total. The lowest BCUT2D eigenvalue weighted by atomic mass is 9.95. The number of unbranched alkanes of at least 4 members (excludes halogenated alkanes) is 7. The number of nitrogens with zero attached hydrogens (tertiary/aromatic N) is 2. The maximum atomic E-state index is 13.9. The minimum atomic E-state index is -7.91. The summed E-state index contributed by atoms with van der Waals surface area (Å²) in [4.78, 5) is 8.40. The zero-order valence-corrected chi connectivity index (χ0v) is 26.9. The number of halogens is 15. The molecule has 0 radical (unpaired) electrons. The van der Waals surface area contributed by atoms with Gasteiger partial charge in [-0.3, -0.25) is 0 Å². The van der Waals surface area contributed by atoms with Crippen LogP contribution in [0.2, 0.25) is 0 Å². The van der Waals surface area contributed by atoms with Crippen LogP contribution in [0.15, 0.2) is 36.7 Å². The number of aryl methyl sites for hydroxylation is 2. The van der Waals surface area contributed by atoms with Gasteiger partial charge in [-0.15, -0.1) is 0 Å². The summed E-state index contributed by atoms with van der Waals surface area (Å²) in [5.41, 5.74) is 2.32. The molecule has 0 aliphatic heterocycles. The lowest BCUT2D eigenvalue weighted by molar-refractivity contribution is -0.543. The average Bonchev–Trinajstić information content (AvgIpc) is 3.01.